The van der Waals surface area contributed by atoms with E-state index in [0.717, 1.165) is 25.0 Å². The maximum atomic E-state index is 11.6. The highest BCUT2D eigenvalue weighted by atomic mass is 35.5. The second-order valence-electron chi connectivity index (χ2n) is 4.95. The Hall–Kier alpha value is -0.240. The molecule has 3 rings (SSSR count). The van der Waals surface area contributed by atoms with Crippen molar-refractivity contribution in [1.82, 2.24) is 14.5 Å². The Morgan fingerprint density at radius 2 is 2.11 bits per heavy atom. The fraction of sp³-hybridized carbons (Fsp3) is 0.800. The highest BCUT2D eigenvalue weighted by Gasteiger charge is 2.39. The molecule has 0 spiro atoms. The van der Waals surface area contributed by atoms with E-state index in [1.807, 2.05) is 0 Å². The van der Waals surface area contributed by atoms with E-state index in [-0.39, 0.29) is 11.8 Å². The number of sulfone groups is 1. The van der Waals surface area contributed by atoms with Crippen molar-refractivity contribution in [1.29, 1.82) is 0 Å². The molecule has 0 bridgehead atoms. The van der Waals surface area contributed by atoms with Crippen LogP contribution in [-0.4, -0.2) is 46.5 Å². The summed E-state index contributed by atoms with van der Waals surface area (Å²) in [5.74, 6) is 0.586. The van der Waals surface area contributed by atoms with E-state index in [2.05, 4.69) is 14.5 Å². The number of nitrogens with zero attached hydrogens (tertiary/aromatic N) is 3. The van der Waals surface area contributed by atoms with Crippen LogP contribution in [0.15, 0.2) is 0 Å². The maximum absolute atomic E-state index is 11.6. The van der Waals surface area contributed by atoms with Crippen LogP contribution in [0, 0.1) is 0 Å². The number of rotatable bonds is 4. The van der Waals surface area contributed by atoms with E-state index >= 15 is 0 Å². The van der Waals surface area contributed by atoms with E-state index in [0.29, 0.717) is 22.7 Å². The summed E-state index contributed by atoms with van der Waals surface area (Å²) in [5, 5.41) is 4.02. The molecule has 1 aliphatic heterocycles. The average molecular weight is 308 g/mol. The molecular formula is C10H14ClN3O2S2. The Bertz CT molecular complexity index is 541. The van der Waals surface area contributed by atoms with Gasteiger partial charge in [0.2, 0.25) is 0 Å². The lowest BCUT2D eigenvalue weighted by molar-refractivity contribution is 0.190. The third kappa shape index (κ3) is 2.68. The minimum absolute atomic E-state index is 0.125. The van der Waals surface area contributed by atoms with Crippen LogP contribution in [0.3, 0.4) is 0 Å². The Kier molecular flexibility index (Phi) is 3.34. The lowest BCUT2D eigenvalue weighted by atomic mass is 10.2. The smallest absolute Gasteiger partial charge is 0.151 e. The number of halogens is 1. The average Bonchev–Trinajstić information content (AvgIpc) is 2.97. The normalized spacial score (nSPS) is 26.9. The van der Waals surface area contributed by atoms with Gasteiger partial charge in [-0.05, 0) is 19.3 Å². The lowest BCUT2D eigenvalue weighted by Crippen LogP contribution is -2.37. The van der Waals surface area contributed by atoms with Gasteiger partial charge in [0.1, 0.15) is 10.0 Å². The zero-order chi connectivity index (χ0) is 12.8. The number of hydrogen-bond donors (Lipinski definition) is 0. The predicted octanol–water partition coefficient (Wildman–Crippen LogP) is 1.34. The van der Waals surface area contributed by atoms with E-state index < -0.39 is 9.84 Å². The maximum Gasteiger partial charge on any atom is 0.151 e. The molecule has 0 aromatic carbocycles. The Morgan fingerprint density at radius 1 is 1.33 bits per heavy atom. The highest BCUT2D eigenvalue weighted by Crippen LogP contribution is 2.34. The second-order valence-corrected chi connectivity index (χ2v) is 8.54. The molecule has 0 amide bonds. The molecule has 5 nitrogen and oxygen atoms in total. The highest BCUT2D eigenvalue weighted by molar-refractivity contribution is 7.91. The summed E-state index contributed by atoms with van der Waals surface area (Å²) in [6.45, 7) is 0.625. The second kappa shape index (κ2) is 4.70. The van der Waals surface area contributed by atoms with Gasteiger partial charge < -0.3 is 0 Å². The van der Waals surface area contributed by atoms with Gasteiger partial charge in [0, 0.05) is 30.2 Å². The van der Waals surface area contributed by atoms with Crippen molar-refractivity contribution in [2.75, 3.05) is 11.5 Å². The first-order valence-corrected chi connectivity index (χ1v) is 8.95. The largest absolute Gasteiger partial charge is 0.290 e. The molecule has 0 radical (unpaired) electrons. The summed E-state index contributed by atoms with van der Waals surface area (Å²) in [4.78, 5) is 2.26. The summed E-state index contributed by atoms with van der Waals surface area (Å²) >= 11 is 7.20. The van der Waals surface area contributed by atoms with Gasteiger partial charge in [-0.25, -0.2) is 8.42 Å². The minimum Gasteiger partial charge on any atom is -0.290 e. The van der Waals surface area contributed by atoms with Gasteiger partial charge in [0.05, 0.1) is 11.5 Å². The first-order chi connectivity index (χ1) is 8.55. The van der Waals surface area contributed by atoms with Crippen LogP contribution < -0.4 is 0 Å². The summed E-state index contributed by atoms with van der Waals surface area (Å²) in [7, 11) is -2.84. The molecule has 2 heterocycles. The number of aromatic nitrogens is 2. The molecule has 1 aromatic rings. The molecular weight excluding hydrogens is 294 g/mol. The van der Waals surface area contributed by atoms with Gasteiger partial charge in [0.15, 0.2) is 9.84 Å². The van der Waals surface area contributed by atoms with E-state index in [1.54, 1.807) is 0 Å². The molecule has 1 saturated heterocycles. The summed E-state index contributed by atoms with van der Waals surface area (Å²) in [6, 6.07) is 0.626. The SMILES string of the molecule is O=S1(=O)CCC(N(Cc2nnsc2Cl)C2CC2)C1. The van der Waals surface area contributed by atoms with Crippen molar-refractivity contribution in [2.24, 2.45) is 0 Å². The van der Waals surface area contributed by atoms with E-state index in [9.17, 15) is 8.42 Å². The van der Waals surface area contributed by atoms with Crippen molar-refractivity contribution < 1.29 is 8.42 Å². The fourth-order valence-electron chi connectivity index (χ4n) is 2.46. The lowest BCUT2D eigenvalue weighted by Gasteiger charge is -2.27. The van der Waals surface area contributed by atoms with Crippen LogP contribution in [-0.2, 0) is 16.4 Å². The third-order valence-corrected chi connectivity index (χ3v) is 6.27. The zero-order valence-corrected chi connectivity index (χ0v) is 12.1. The molecule has 1 unspecified atom stereocenters. The minimum atomic E-state index is -2.84. The van der Waals surface area contributed by atoms with Gasteiger partial charge in [-0.3, -0.25) is 4.90 Å². The van der Waals surface area contributed by atoms with Gasteiger partial charge in [-0.2, -0.15) is 0 Å². The van der Waals surface area contributed by atoms with Crippen molar-refractivity contribution in [3.63, 3.8) is 0 Å². The molecule has 100 valence electrons. The van der Waals surface area contributed by atoms with Gasteiger partial charge in [0.25, 0.3) is 0 Å². The molecule has 2 fully saturated rings. The van der Waals surface area contributed by atoms with Gasteiger partial charge in [-0.15, -0.1) is 5.10 Å². The fourth-order valence-corrected chi connectivity index (χ4v) is 4.82. The summed E-state index contributed by atoms with van der Waals surface area (Å²) < 4.78 is 27.6. The molecule has 2 aliphatic rings. The third-order valence-electron chi connectivity index (χ3n) is 3.54. The Labute approximate surface area is 115 Å². The van der Waals surface area contributed by atoms with Crippen LogP contribution in [0.5, 0.6) is 0 Å². The van der Waals surface area contributed by atoms with Crippen LogP contribution in [0.4, 0.5) is 0 Å². The Balaban J connectivity index is 1.75. The van der Waals surface area contributed by atoms with Gasteiger partial charge >= 0.3 is 0 Å². The standard InChI is InChI=1S/C10H14ClN3O2S2/c11-10-9(12-13-17-10)5-14(7-1-2-7)8-3-4-18(15,16)6-8/h7-8H,1-6H2. The summed E-state index contributed by atoms with van der Waals surface area (Å²) in [5.41, 5.74) is 0.776. The Morgan fingerprint density at radius 3 is 2.61 bits per heavy atom. The molecule has 1 saturated carbocycles. The monoisotopic (exact) mass is 307 g/mol. The van der Waals surface area contributed by atoms with E-state index in [1.165, 1.54) is 11.5 Å². The van der Waals surface area contributed by atoms with Crippen LogP contribution in [0.1, 0.15) is 25.0 Å². The molecule has 1 aromatic heterocycles. The first-order valence-electron chi connectivity index (χ1n) is 5.98. The van der Waals surface area contributed by atoms with Crippen molar-refractivity contribution in [3.05, 3.63) is 10.0 Å². The zero-order valence-electron chi connectivity index (χ0n) is 9.75. The van der Waals surface area contributed by atoms with Crippen molar-refractivity contribution in [3.8, 4) is 0 Å². The molecule has 18 heavy (non-hydrogen) atoms. The van der Waals surface area contributed by atoms with Crippen LogP contribution in [0.25, 0.3) is 0 Å². The molecule has 8 heteroatoms. The molecule has 0 N–H and O–H groups in total. The van der Waals surface area contributed by atoms with E-state index in [4.69, 9.17) is 11.6 Å². The topological polar surface area (TPSA) is 63.2 Å². The molecule has 1 aliphatic carbocycles. The summed E-state index contributed by atoms with van der Waals surface area (Å²) in [6.07, 6.45) is 3.02. The predicted molar refractivity (Wildman–Crippen MR) is 70.5 cm³/mol. The van der Waals surface area contributed by atoms with Crippen molar-refractivity contribution in [2.45, 2.75) is 37.9 Å². The van der Waals surface area contributed by atoms with Crippen LogP contribution >= 0.6 is 23.1 Å². The first kappa shape index (κ1) is 12.8. The number of hydrogen-bond acceptors (Lipinski definition) is 6. The van der Waals surface area contributed by atoms with Crippen molar-refractivity contribution >= 4 is 33.0 Å². The quantitative estimate of drug-likeness (QED) is 0.840. The van der Waals surface area contributed by atoms with Crippen LogP contribution in [0.2, 0.25) is 4.34 Å². The molecule has 1 atom stereocenters. The van der Waals surface area contributed by atoms with Gasteiger partial charge in [-0.1, -0.05) is 16.1 Å².